The predicted octanol–water partition coefficient (Wildman–Crippen LogP) is -0.740. The molecule has 2 atom stereocenters. The lowest BCUT2D eigenvalue weighted by Gasteiger charge is -2.49. The summed E-state index contributed by atoms with van der Waals surface area (Å²) in [5, 5.41) is 14.4. The van der Waals surface area contributed by atoms with E-state index in [1.807, 2.05) is 0 Å². The first-order valence-corrected chi connectivity index (χ1v) is 12.8. The number of nitrogens with two attached hydrogens (primary N) is 2. The molecule has 0 aromatic carbocycles. The minimum absolute atomic E-state index is 0.0630. The summed E-state index contributed by atoms with van der Waals surface area (Å²) in [5.74, 6) is -3.97. The Kier molecular flexibility index (Phi) is 8.86. The van der Waals surface area contributed by atoms with Gasteiger partial charge in [0.25, 0.3) is 17.7 Å². The lowest BCUT2D eigenvalue weighted by Crippen LogP contribution is -2.71. The molecule has 0 unspecified atom stereocenters. The zero-order valence-electron chi connectivity index (χ0n) is 20.5. The number of aliphatic carboxylic acids is 1. The standard InChI is InChI=1S/C20H23F3N8O6S2/c1-31(2,6-10(24)32)5-3-4-9-7-38-17-12(16(34)30(17)13(9)18(35)36)26-15(33)11(14-27-19(25)39-29-14)28-37-8-20(21,22)23/h3-4,12,17H,5-8H2,1-2H3,(H5-,24,25,26,27,29,32,33,35,36)/p+1/b4-3+,28-11-/t12-,17+/m1/s1. The van der Waals surface area contributed by atoms with Gasteiger partial charge in [0, 0.05) is 17.3 Å². The molecule has 3 rings (SSSR count). The Morgan fingerprint density at radius 1 is 1.36 bits per heavy atom. The maximum Gasteiger partial charge on any atom is 0.425 e. The van der Waals surface area contributed by atoms with Crippen molar-refractivity contribution in [2.75, 3.05) is 45.3 Å². The number of primary amides is 1. The normalized spacial score (nSPS) is 20.1. The van der Waals surface area contributed by atoms with Gasteiger partial charge >= 0.3 is 12.1 Å². The molecule has 39 heavy (non-hydrogen) atoms. The second-order valence-corrected chi connectivity index (χ2v) is 10.9. The molecule has 3 heterocycles. The van der Waals surface area contributed by atoms with Crippen LogP contribution in [-0.2, 0) is 24.0 Å². The number of hydrogen-bond donors (Lipinski definition) is 4. The summed E-state index contributed by atoms with van der Waals surface area (Å²) in [7, 11) is 3.53. The number of carbonyl (C=O) groups excluding carboxylic acids is 3. The van der Waals surface area contributed by atoms with Gasteiger partial charge in [0.1, 0.15) is 17.1 Å². The molecule has 0 saturated carbocycles. The summed E-state index contributed by atoms with van der Waals surface area (Å²) in [5.41, 5.74) is 10.0. The van der Waals surface area contributed by atoms with E-state index in [1.54, 1.807) is 26.2 Å². The van der Waals surface area contributed by atoms with Crippen molar-refractivity contribution in [1.82, 2.24) is 19.6 Å². The van der Waals surface area contributed by atoms with Crippen molar-refractivity contribution in [2.24, 2.45) is 10.9 Å². The van der Waals surface area contributed by atoms with Crippen LogP contribution in [0.5, 0.6) is 0 Å². The smallest absolute Gasteiger partial charge is 0.425 e. The number of allylic oxidation sites excluding steroid dienone is 1. The molecule has 19 heteroatoms. The average Bonchev–Trinajstić information content (AvgIpc) is 3.23. The molecule has 0 spiro atoms. The zero-order valence-corrected chi connectivity index (χ0v) is 22.1. The van der Waals surface area contributed by atoms with E-state index in [-0.39, 0.29) is 27.6 Å². The van der Waals surface area contributed by atoms with E-state index < -0.39 is 59.4 Å². The highest BCUT2D eigenvalue weighted by Crippen LogP contribution is 2.40. The number of nitrogens with zero attached hydrogens (tertiary/aromatic N) is 5. The Hall–Kier alpha value is -3.71. The summed E-state index contributed by atoms with van der Waals surface area (Å²) in [4.78, 5) is 58.0. The third-order valence-corrected chi connectivity index (χ3v) is 7.09. The number of fused-ring (bicyclic) bond motifs is 1. The van der Waals surface area contributed by atoms with E-state index >= 15 is 0 Å². The molecule has 2 aliphatic rings. The fourth-order valence-electron chi connectivity index (χ4n) is 3.63. The van der Waals surface area contributed by atoms with Crippen LogP contribution in [0.2, 0.25) is 0 Å². The van der Waals surface area contributed by atoms with Crippen molar-refractivity contribution in [1.29, 1.82) is 0 Å². The molecular weight excluding hydrogens is 569 g/mol. The topological polar surface area (TPSA) is 203 Å². The molecule has 6 N–H and O–H groups in total. The van der Waals surface area contributed by atoms with Gasteiger partial charge in [-0.15, -0.1) is 11.8 Å². The number of alkyl halides is 3. The van der Waals surface area contributed by atoms with Crippen molar-refractivity contribution >= 4 is 57.8 Å². The van der Waals surface area contributed by atoms with Gasteiger partial charge in [-0.25, -0.2) is 4.79 Å². The number of rotatable bonds is 11. The van der Waals surface area contributed by atoms with E-state index in [2.05, 4.69) is 24.7 Å². The molecular formula is C20H24F3N8O6S2+. The number of halogens is 3. The first kappa shape index (κ1) is 29.8. The van der Waals surface area contributed by atoms with Crippen LogP contribution in [0.15, 0.2) is 28.6 Å². The molecule has 14 nitrogen and oxygen atoms in total. The Morgan fingerprint density at radius 3 is 2.62 bits per heavy atom. The SMILES string of the molecule is C[N+](C)(C/C=C/C1=C(C(=O)O)N2C(=O)[C@@H](NC(=O)/C(=N\OCC(F)(F)F)c3nsc(N)n3)[C@@H]2SC1)CC(N)=O. The Morgan fingerprint density at radius 2 is 2.05 bits per heavy atom. The first-order chi connectivity index (χ1) is 18.1. The molecule has 0 bridgehead atoms. The summed E-state index contributed by atoms with van der Waals surface area (Å²) >= 11 is 1.82. The van der Waals surface area contributed by atoms with Crippen LogP contribution in [0.4, 0.5) is 18.3 Å². The number of carboxylic acids is 1. The number of oxime groups is 1. The quantitative estimate of drug-likeness (QED) is 0.109. The van der Waals surface area contributed by atoms with Gasteiger partial charge in [-0.3, -0.25) is 19.3 Å². The number of carboxylic acid groups (broad SMARTS) is 1. The largest absolute Gasteiger partial charge is 0.477 e. The second-order valence-electron chi connectivity index (χ2n) is 8.97. The zero-order chi connectivity index (χ0) is 29.1. The van der Waals surface area contributed by atoms with Crippen LogP contribution in [0, 0.1) is 0 Å². The minimum Gasteiger partial charge on any atom is -0.477 e. The summed E-state index contributed by atoms with van der Waals surface area (Å²) in [6, 6.07) is -1.21. The van der Waals surface area contributed by atoms with E-state index in [1.165, 1.54) is 11.8 Å². The third kappa shape index (κ3) is 7.45. The van der Waals surface area contributed by atoms with Crippen LogP contribution < -0.4 is 16.8 Å². The first-order valence-electron chi connectivity index (χ1n) is 10.9. The highest BCUT2D eigenvalue weighted by Gasteiger charge is 2.54. The van der Waals surface area contributed by atoms with Crippen molar-refractivity contribution < 1.29 is 46.8 Å². The number of nitrogens with one attached hydrogen (secondary N) is 1. The molecule has 0 radical (unpaired) electrons. The number of likely N-dealkylation sites (N-methyl/N-ethyl adjacent to an activating group) is 1. The van der Waals surface area contributed by atoms with Gasteiger partial charge in [0.15, 0.2) is 11.7 Å². The van der Waals surface area contributed by atoms with E-state index in [9.17, 15) is 37.5 Å². The Balaban J connectivity index is 1.76. The minimum atomic E-state index is -4.73. The van der Waals surface area contributed by atoms with E-state index in [4.69, 9.17) is 11.5 Å². The lowest BCUT2D eigenvalue weighted by atomic mass is 10.0. The molecule has 0 aliphatic carbocycles. The predicted molar refractivity (Wildman–Crippen MR) is 133 cm³/mol. The monoisotopic (exact) mass is 593 g/mol. The van der Waals surface area contributed by atoms with Gasteiger partial charge in [-0.05, 0) is 11.6 Å². The van der Waals surface area contributed by atoms with Crippen LogP contribution in [0.3, 0.4) is 0 Å². The average molecular weight is 594 g/mol. The van der Waals surface area contributed by atoms with Crippen LogP contribution in [0.1, 0.15) is 5.82 Å². The van der Waals surface area contributed by atoms with E-state index in [0.717, 1.165) is 4.90 Å². The van der Waals surface area contributed by atoms with Crippen molar-refractivity contribution in [3.63, 3.8) is 0 Å². The molecule has 1 saturated heterocycles. The fraction of sp³-hybridized carbons (Fsp3) is 0.450. The number of anilines is 1. The molecule has 3 amide bonds. The number of quaternary nitrogens is 1. The molecule has 1 fully saturated rings. The molecule has 2 aliphatic heterocycles. The van der Waals surface area contributed by atoms with Crippen molar-refractivity contribution in [3.05, 3.63) is 29.2 Å². The summed E-state index contributed by atoms with van der Waals surface area (Å²) in [6.07, 6.45) is -1.51. The Bertz CT molecular complexity index is 1260. The second kappa shape index (κ2) is 11.6. The number of thioether (sulfide) groups is 1. The van der Waals surface area contributed by atoms with Crippen molar-refractivity contribution in [3.8, 4) is 0 Å². The van der Waals surface area contributed by atoms with Gasteiger partial charge in [-0.1, -0.05) is 11.2 Å². The third-order valence-electron chi connectivity index (χ3n) is 5.24. The maximum atomic E-state index is 12.9. The van der Waals surface area contributed by atoms with Gasteiger partial charge in [-0.2, -0.15) is 22.5 Å². The lowest BCUT2D eigenvalue weighted by molar-refractivity contribution is -0.876. The number of nitrogen functional groups attached to an aromatic ring is 1. The molecule has 1 aromatic rings. The number of carbonyl (C=O) groups is 4. The van der Waals surface area contributed by atoms with Gasteiger partial charge < -0.3 is 31.2 Å². The number of hydrogen-bond acceptors (Lipinski definition) is 11. The molecule has 212 valence electrons. The number of aromatic nitrogens is 2. The fourth-order valence-corrected chi connectivity index (χ4v) is 5.39. The summed E-state index contributed by atoms with van der Waals surface area (Å²) < 4.78 is 41.4. The number of amides is 3. The van der Waals surface area contributed by atoms with Crippen molar-refractivity contribution in [2.45, 2.75) is 17.6 Å². The Labute approximate surface area is 227 Å². The van der Waals surface area contributed by atoms with Crippen LogP contribution in [-0.4, -0.2) is 110 Å². The van der Waals surface area contributed by atoms with Gasteiger partial charge in [0.05, 0.1) is 20.6 Å². The molecule has 1 aromatic heterocycles. The van der Waals surface area contributed by atoms with Crippen LogP contribution >= 0.6 is 23.3 Å². The van der Waals surface area contributed by atoms with Gasteiger partial charge in [0.2, 0.25) is 18.1 Å². The number of β-lactam (4-membered cyclic amide) rings is 1. The van der Waals surface area contributed by atoms with Crippen LogP contribution in [0.25, 0.3) is 0 Å². The highest BCUT2D eigenvalue weighted by atomic mass is 32.2. The highest BCUT2D eigenvalue weighted by molar-refractivity contribution is 8.00. The summed E-state index contributed by atoms with van der Waals surface area (Å²) in [6.45, 7) is -1.37. The van der Waals surface area contributed by atoms with E-state index in [0.29, 0.717) is 23.7 Å². The maximum absolute atomic E-state index is 12.9.